The molecular weight excluding hydrogens is 290 g/mol. The van der Waals surface area contributed by atoms with E-state index < -0.39 is 0 Å². The van der Waals surface area contributed by atoms with Crippen molar-refractivity contribution in [1.29, 1.82) is 0 Å². The molecule has 3 rings (SSSR count). The van der Waals surface area contributed by atoms with Crippen LogP contribution >= 0.6 is 0 Å². The van der Waals surface area contributed by atoms with Gasteiger partial charge in [-0.3, -0.25) is 9.36 Å². The molecule has 0 aliphatic carbocycles. The number of rotatable bonds is 4. The normalized spacial score (nSPS) is 17.9. The first-order chi connectivity index (χ1) is 11.1. The van der Waals surface area contributed by atoms with Gasteiger partial charge in [0.2, 0.25) is 5.91 Å². The van der Waals surface area contributed by atoms with Gasteiger partial charge in [-0.1, -0.05) is 6.07 Å². The van der Waals surface area contributed by atoms with Crippen molar-refractivity contribution >= 4 is 5.91 Å². The first-order valence-electron chi connectivity index (χ1n) is 7.98. The molecule has 3 heterocycles. The topological polar surface area (TPSA) is 54.3 Å². The predicted molar refractivity (Wildman–Crippen MR) is 88.3 cm³/mol. The van der Waals surface area contributed by atoms with Gasteiger partial charge in [0.05, 0.1) is 18.3 Å². The molecule has 1 aliphatic rings. The first-order valence-corrected chi connectivity index (χ1v) is 7.98. The van der Waals surface area contributed by atoms with Crippen LogP contribution in [0.2, 0.25) is 0 Å². The van der Waals surface area contributed by atoms with Gasteiger partial charge < -0.3 is 9.80 Å². The molecule has 0 spiro atoms. The van der Waals surface area contributed by atoms with Crippen LogP contribution in [-0.4, -0.2) is 57.4 Å². The molecule has 0 aromatic carbocycles. The third kappa shape index (κ3) is 3.27. The van der Waals surface area contributed by atoms with E-state index in [0.717, 1.165) is 36.7 Å². The Balaban J connectivity index is 1.86. The van der Waals surface area contributed by atoms with Gasteiger partial charge in [0, 0.05) is 18.9 Å². The molecule has 1 fully saturated rings. The van der Waals surface area contributed by atoms with E-state index in [1.807, 2.05) is 59.8 Å². The van der Waals surface area contributed by atoms with Crippen molar-refractivity contribution in [3.63, 3.8) is 0 Å². The second-order valence-corrected chi connectivity index (χ2v) is 6.25. The average Bonchev–Trinajstić information content (AvgIpc) is 3.15. The minimum absolute atomic E-state index is 0.0752. The van der Waals surface area contributed by atoms with Crippen molar-refractivity contribution in [3.8, 4) is 5.82 Å². The summed E-state index contributed by atoms with van der Waals surface area (Å²) in [5.41, 5.74) is 0.959. The Morgan fingerprint density at radius 3 is 2.91 bits per heavy atom. The lowest BCUT2D eigenvalue weighted by molar-refractivity contribution is -0.132. The Labute approximate surface area is 136 Å². The Hall–Kier alpha value is -2.21. The zero-order valence-electron chi connectivity index (χ0n) is 13.9. The largest absolute Gasteiger partial charge is 0.333 e. The summed E-state index contributed by atoms with van der Waals surface area (Å²) in [6.07, 6.45) is 5.68. The molecule has 1 saturated heterocycles. The zero-order chi connectivity index (χ0) is 16.4. The fourth-order valence-electron chi connectivity index (χ4n) is 3.11. The third-order valence-electron chi connectivity index (χ3n) is 4.19. The second kappa shape index (κ2) is 6.50. The first kappa shape index (κ1) is 15.7. The predicted octanol–water partition coefficient (Wildman–Crippen LogP) is 1.80. The Bertz CT molecular complexity index is 694. The van der Waals surface area contributed by atoms with Crippen LogP contribution in [-0.2, 0) is 4.79 Å². The van der Waals surface area contributed by atoms with E-state index in [1.165, 1.54) is 0 Å². The summed E-state index contributed by atoms with van der Waals surface area (Å²) < 4.78 is 1.96. The van der Waals surface area contributed by atoms with Crippen molar-refractivity contribution in [3.05, 3.63) is 42.1 Å². The lowest BCUT2D eigenvalue weighted by Gasteiger charge is -2.26. The van der Waals surface area contributed by atoms with Crippen LogP contribution in [0.5, 0.6) is 0 Å². The Kier molecular flexibility index (Phi) is 4.43. The Morgan fingerprint density at radius 1 is 1.39 bits per heavy atom. The van der Waals surface area contributed by atoms with Gasteiger partial charge in [0.15, 0.2) is 0 Å². The second-order valence-electron chi connectivity index (χ2n) is 6.25. The number of amides is 1. The van der Waals surface area contributed by atoms with Gasteiger partial charge in [0.25, 0.3) is 0 Å². The van der Waals surface area contributed by atoms with Crippen LogP contribution in [0.3, 0.4) is 0 Å². The highest BCUT2D eigenvalue weighted by atomic mass is 16.2. The number of pyridine rings is 1. The fourth-order valence-corrected chi connectivity index (χ4v) is 3.11. The minimum Gasteiger partial charge on any atom is -0.333 e. The molecule has 6 nitrogen and oxygen atoms in total. The van der Waals surface area contributed by atoms with Crippen molar-refractivity contribution in [2.75, 3.05) is 27.2 Å². The molecule has 2 aromatic heterocycles. The fraction of sp³-hybridized carbons (Fsp3) is 0.471. The van der Waals surface area contributed by atoms with Gasteiger partial charge >= 0.3 is 0 Å². The lowest BCUT2D eigenvalue weighted by atomic mass is 10.1. The zero-order valence-corrected chi connectivity index (χ0v) is 13.9. The molecule has 0 unspecified atom stereocenters. The van der Waals surface area contributed by atoms with Crippen LogP contribution in [0, 0.1) is 6.92 Å². The summed E-state index contributed by atoms with van der Waals surface area (Å²) in [5, 5.41) is 0. The van der Waals surface area contributed by atoms with Crippen LogP contribution in [0.25, 0.3) is 5.82 Å². The van der Waals surface area contributed by atoms with Crippen molar-refractivity contribution in [2.45, 2.75) is 25.8 Å². The van der Waals surface area contributed by atoms with Crippen LogP contribution in [0.4, 0.5) is 0 Å². The van der Waals surface area contributed by atoms with E-state index >= 15 is 0 Å². The number of hydrogen-bond donors (Lipinski definition) is 0. The van der Waals surface area contributed by atoms with E-state index in [4.69, 9.17) is 4.98 Å². The molecule has 1 amide bonds. The molecule has 0 bridgehead atoms. The number of aryl methyl sites for hydroxylation is 1. The van der Waals surface area contributed by atoms with Gasteiger partial charge in [-0.2, -0.15) is 0 Å². The SMILES string of the molecule is Cc1nccn1-c1cccc([C@@H]2CCCN2C(=O)CN(C)C)n1. The molecule has 1 aliphatic heterocycles. The number of hydrogen-bond acceptors (Lipinski definition) is 4. The van der Waals surface area contributed by atoms with E-state index in [2.05, 4.69) is 4.98 Å². The van der Waals surface area contributed by atoms with Crippen molar-refractivity contribution in [1.82, 2.24) is 24.3 Å². The van der Waals surface area contributed by atoms with Gasteiger partial charge in [-0.25, -0.2) is 9.97 Å². The van der Waals surface area contributed by atoms with E-state index in [-0.39, 0.29) is 11.9 Å². The number of likely N-dealkylation sites (N-methyl/N-ethyl adjacent to an activating group) is 1. The average molecular weight is 313 g/mol. The maximum absolute atomic E-state index is 12.4. The highest BCUT2D eigenvalue weighted by molar-refractivity contribution is 5.79. The summed E-state index contributed by atoms with van der Waals surface area (Å²) in [6, 6.07) is 6.07. The lowest BCUT2D eigenvalue weighted by Crippen LogP contribution is -2.37. The number of likely N-dealkylation sites (tertiary alicyclic amines) is 1. The molecule has 1 atom stereocenters. The van der Waals surface area contributed by atoms with E-state index in [1.54, 1.807) is 6.20 Å². The van der Waals surface area contributed by atoms with Crippen LogP contribution < -0.4 is 0 Å². The Morgan fingerprint density at radius 2 is 2.22 bits per heavy atom. The maximum Gasteiger partial charge on any atom is 0.237 e. The monoisotopic (exact) mass is 313 g/mol. The molecule has 6 heteroatoms. The van der Waals surface area contributed by atoms with Crippen LogP contribution in [0.15, 0.2) is 30.6 Å². The maximum atomic E-state index is 12.4. The summed E-state index contributed by atoms with van der Waals surface area (Å²) in [7, 11) is 3.84. The van der Waals surface area contributed by atoms with Crippen molar-refractivity contribution < 1.29 is 4.79 Å². The quantitative estimate of drug-likeness (QED) is 0.864. The molecule has 0 N–H and O–H groups in total. The number of carbonyl (C=O) groups is 1. The van der Waals surface area contributed by atoms with Gasteiger partial charge in [0.1, 0.15) is 11.6 Å². The van der Waals surface area contributed by atoms with Crippen molar-refractivity contribution in [2.24, 2.45) is 0 Å². The summed E-state index contributed by atoms with van der Waals surface area (Å²) >= 11 is 0. The molecular formula is C17H23N5O. The number of imidazole rings is 1. The molecule has 23 heavy (non-hydrogen) atoms. The highest BCUT2D eigenvalue weighted by Gasteiger charge is 2.31. The van der Waals surface area contributed by atoms with Gasteiger partial charge in [-0.15, -0.1) is 0 Å². The third-order valence-corrected chi connectivity index (χ3v) is 4.19. The summed E-state index contributed by atoms with van der Waals surface area (Å²) in [4.78, 5) is 25.4. The minimum atomic E-state index is 0.0752. The standard InChI is InChI=1S/C17H23N5O/c1-13-18-9-11-21(13)16-8-4-6-14(19-16)15-7-5-10-22(15)17(23)12-20(2)3/h4,6,8-9,11,15H,5,7,10,12H2,1-3H3/t15-/m0/s1. The summed E-state index contributed by atoms with van der Waals surface area (Å²) in [5.74, 6) is 1.93. The van der Waals surface area contributed by atoms with Gasteiger partial charge in [-0.05, 0) is 46.0 Å². The van der Waals surface area contributed by atoms with Crippen LogP contribution in [0.1, 0.15) is 30.4 Å². The number of carbonyl (C=O) groups excluding carboxylic acids is 1. The highest BCUT2D eigenvalue weighted by Crippen LogP contribution is 2.31. The molecule has 0 saturated carbocycles. The number of nitrogens with zero attached hydrogens (tertiary/aromatic N) is 5. The van der Waals surface area contributed by atoms with E-state index in [9.17, 15) is 4.79 Å². The molecule has 2 aromatic rings. The van der Waals surface area contributed by atoms with E-state index in [0.29, 0.717) is 6.54 Å². The smallest absolute Gasteiger partial charge is 0.237 e. The molecule has 0 radical (unpaired) electrons. The number of aromatic nitrogens is 3. The molecule has 122 valence electrons. The summed E-state index contributed by atoms with van der Waals surface area (Å²) in [6.45, 7) is 3.21.